The molecule has 0 radical (unpaired) electrons. The zero-order valence-electron chi connectivity index (χ0n) is 11.4. The van der Waals surface area contributed by atoms with E-state index in [1.54, 1.807) is 22.9 Å². The molecule has 0 fully saturated rings. The van der Waals surface area contributed by atoms with Crippen LogP contribution in [0.1, 0.15) is 25.3 Å². The summed E-state index contributed by atoms with van der Waals surface area (Å²) >= 11 is 0. The van der Waals surface area contributed by atoms with Gasteiger partial charge in [0.25, 0.3) is 5.56 Å². The van der Waals surface area contributed by atoms with Crippen LogP contribution < -0.4 is 10.3 Å². The monoisotopic (exact) mass is 257 g/mol. The van der Waals surface area contributed by atoms with E-state index in [4.69, 9.17) is 4.74 Å². The van der Waals surface area contributed by atoms with Crippen LogP contribution in [0.15, 0.2) is 53.5 Å². The molecule has 0 amide bonds. The minimum absolute atomic E-state index is 0.00116. The molecule has 1 heterocycles. The van der Waals surface area contributed by atoms with Gasteiger partial charge >= 0.3 is 0 Å². The van der Waals surface area contributed by atoms with E-state index in [9.17, 15) is 4.79 Å². The van der Waals surface area contributed by atoms with Crippen molar-refractivity contribution in [1.29, 1.82) is 0 Å². The van der Waals surface area contributed by atoms with Crippen molar-refractivity contribution in [2.75, 3.05) is 6.61 Å². The number of hydrogen-bond acceptors (Lipinski definition) is 2. The molecule has 2 rings (SSSR count). The summed E-state index contributed by atoms with van der Waals surface area (Å²) < 4.78 is 7.28. The van der Waals surface area contributed by atoms with E-state index in [1.807, 2.05) is 18.2 Å². The molecule has 3 nitrogen and oxygen atoms in total. The minimum atomic E-state index is 0.00116. The van der Waals surface area contributed by atoms with Gasteiger partial charge in [0, 0.05) is 12.3 Å². The van der Waals surface area contributed by atoms with Crippen molar-refractivity contribution >= 4 is 0 Å². The van der Waals surface area contributed by atoms with Gasteiger partial charge in [0.1, 0.15) is 12.4 Å². The average Bonchev–Trinajstić information content (AvgIpc) is 2.41. The topological polar surface area (TPSA) is 31.2 Å². The molecule has 0 aliphatic carbocycles. The molecular formula is C16H19NO2. The van der Waals surface area contributed by atoms with E-state index in [1.165, 1.54) is 5.56 Å². The maximum absolute atomic E-state index is 11.5. The van der Waals surface area contributed by atoms with Crippen LogP contribution in [0.2, 0.25) is 0 Å². The number of nitrogens with zero attached hydrogens (tertiary/aromatic N) is 1. The van der Waals surface area contributed by atoms with Crippen LogP contribution in [0, 0.1) is 0 Å². The van der Waals surface area contributed by atoms with Gasteiger partial charge in [-0.25, -0.2) is 0 Å². The summed E-state index contributed by atoms with van der Waals surface area (Å²) in [7, 11) is 0. The fourth-order valence-corrected chi connectivity index (χ4v) is 1.86. The first-order valence-corrected chi connectivity index (χ1v) is 6.55. The Bertz CT molecular complexity index is 570. The van der Waals surface area contributed by atoms with Gasteiger partial charge in [-0.15, -0.1) is 0 Å². The van der Waals surface area contributed by atoms with Crippen LogP contribution in [-0.2, 0) is 6.54 Å². The first-order valence-electron chi connectivity index (χ1n) is 6.55. The Morgan fingerprint density at radius 3 is 2.47 bits per heavy atom. The van der Waals surface area contributed by atoms with E-state index < -0.39 is 0 Å². The number of rotatable bonds is 5. The summed E-state index contributed by atoms with van der Waals surface area (Å²) in [4.78, 5) is 11.5. The van der Waals surface area contributed by atoms with Crippen molar-refractivity contribution in [3.63, 3.8) is 0 Å². The van der Waals surface area contributed by atoms with Crippen molar-refractivity contribution in [1.82, 2.24) is 4.57 Å². The number of benzene rings is 1. The van der Waals surface area contributed by atoms with Crippen molar-refractivity contribution < 1.29 is 4.74 Å². The van der Waals surface area contributed by atoms with Crippen molar-refractivity contribution in [3.05, 3.63) is 64.6 Å². The number of ether oxygens (including phenoxy) is 1. The molecule has 100 valence electrons. The quantitative estimate of drug-likeness (QED) is 0.824. The van der Waals surface area contributed by atoms with E-state index in [0.717, 1.165) is 5.75 Å². The summed E-state index contributed by atoms with van der Waals surface area (Å²) in [5.74, 6) is 1.37. The van der Waals surface area contributed by atoms with Gasteiger partial charge in [-0.1, -0.05) is 32.0 Å². The molecule has 3 heteroatoms. The maximum atomic E-state index is 11.5. The number of pyridine rings is 1. The molecule has 19 heavy (non-hydrogen) atoms. The Labute approximate surface area is 113 Å². The first-order chi connectivity index (χ1) is 9.16. The van der Waals surface area contributed by atoms with Gasteiger partial charge in [0.05, 0.1) is 6.54 Å². The van der Waals surface area contributed by atoms with E-state index in [0.29, 0.717) is 19.1 Å². The zero-order valence-corrected chi connectivity index (χ0v) is 11.4. The van der Waals surface area contributed by atoms with Crippen LogP contribution >= 0.6 is 0 Å². The summed E-state index contributed by atoms with van der Waals surface area (Å²) in [6.45, 7) is 5.38. The van der Waals surface area contributed by atoms with Gasteiger partial charge in [0.15, 0.2) is 0 Å². The van der Waals surface area contributed by atoms with E-state index in [2.05, 4.69) is 26.0 Å². The summed E-state index contributed by atoms with van der Waals surface area (Å²) in [6.07, 6.45) is 1.77. The lowest BCUT2D eigenvalue weighted by Gasteiger charge is -2.09. The van der Waals surface area contributed by atoms with Crippen molar-refractivity contribution in [3.8, 4) is 5.75 Å². The molecule has 1 aromatic heterocycles. The average molecular weight is 257 g/mol. The molecule has 0 saturated carbocycles. The fraction of sp³-hybridized carbons (Fsp3) is 0.312. The van der Waals surface area contributed by atoms with Crippen molar-refractivity contribution in [2.24, 2.45) is 0 Å². The zero-order chi connectivity index (χ0) is 13.7. The van der Waals surface area contributed by atoms with Gasteiger partial charge in [-0.2, -0.15) is 0 Å². The molecule has 0 N–H and O–H groups in total. The molecule has 0 bridgehead atoms. The number of aromatic nitrogens is 1. The third-order valence-corrected chi connectivity index (χ3v) is 3.05. The summed E-state index contributed by atoms with van der Waals surface area (Å²) in [5, 5.41) is 0. The van der Waals surface area contributed by atoms with Crippen molar-refractivity contribution in [2.45, 2.75) is 26.3 Å². The second-order valence-electron chi connectivity index (χ2n) is 4.80. The maximum Gasteiger partial charge on any atom is 0.250 e. The van der Waals surface area contributed by atoms with Gasteiger partial charge < -0.3 is 9.30 Å². The highest BCUT2D eigenvalue weighted by molar-refractivity contribution is 5.28. The van der Waals surface area contributed by atoms with Gasteiger partial charge in [0.2, 0.25) is 0 Å². The molecule has 0 aliphatic heterocycles. The lowest BCUT2D eigenvalue weighted by molar-refractivity contribution is 0.296. The Kier molecular flexibility index (Phi) is 4.39. The fourth-order valence-electron chi connectivity index (χ4n) is 1.86. The Balaban J connectivity index is 1.89. The number of hydrogen-bond donors (Lipinski definition) is 0. The highest BCUT2D eigenvalue weighted by atomic mass is 16.5. The van der Waals surface area contributed by atoms with Gasteiger partial charge in [-0.3, -0.25) is 4.79 Å². The molecule has 0 saturated heterocycles. The lowest BCUT2D eigenvalue weighted by Crippen LogP contribution is -2.21. The summed E-state index contributed by atoms with van der Waals surface area (Å²) in [6, 6.07) is 13.2. The SMILES string of the molecule is CC(C)c1ccc(OCCn2ccccc2=O)cc1. The second-order valence-corrected chi connectivity index (χ2v) is 4.80. The highest BCUT2D eigenvalue weighted by Crippen LogP contribution is 2.18. The lowest BCUT2D eigenvalue weighted by atomic mass is 10.0. The van der Waals surface area contributed by atoms with Crippen LogP contribution in [-0.4, -0.2) is 11.2 Å². The third-order valence-electron chi connectivity index (χ3n) is 3.05. The Hall–Kier alpha value is -2.03. The smallest absolute Gasteiger partial charge is 0.250 e. The minimum Gasteiger partial charge on any atom is -0.492 e. The normalized spacial score (nSPS) is 10.7. The van der Waals surface area contributed by atoms with Crippen LogP contribution in [0.5, 0.6) is 5.75 Å². The van der Waals surface area contributed by atoms with Crippen LogP contribution in [0.25, 0.3) is 0 Å². The predicted octanol–water partition coefficient (Wildman–Crippen LogP) is 3.05. The molecular weight excluding hydrogens is 238 g/mol. The third kappa shape index (κ3) is 3.71. The highest BCUT2D eigenvalue weighted by Gasteiger charge is 2.00. The summed E-state index contributed by atoms with van der Waals surface area (Å²) in [5.41, 5.74) is 1.30. The molecule has 1 aromatic carbocycles. The molecule has 0 unspecified atom stereocenters. The van der Waals surface area contributed by atoms with Gasteiger partial charge in [-0.05, 0) is 29.7 Å². The second kappa shape index (κ2) is 6.23. The van der Waals surface area contributed by atoms with E-state index >= 15 is 0 Å². The molecule has 0 spiro atoms. The molecule has 2 aromatic rings. The van der Waals surface area contributed by atoms with E-state index in [-0.39, 0.29) is 5.56 Å². The predicted molar refractivity (Wildman–Crippen MR) is 76.7 cm³/mol. The largest absolute Gasteiger partial charge is 0.492 e. The first kappa shape index (κ1) is 13.4. The molecule has 0 atom stereocenters. The Morgan fingerprint density at radius 1 is 1.11 bits per heavy atom. The molecule has 0 aliphatic rings. The standard InChI is InChI=1S/C16H19NO2/c1-13(2)14-6-8-15(9-7-14)19-12-11-17-10-4-3-5-16(17)18/h3-10,13H,11-12H2,1-2H3. The van der Waals surface area contributed by atoms with Crippen LogP contribution in [0.3, 0.4) is 0 Å². The van der Waals surface area contributed by atoms with Crippen LogP contribution in [0.4, 0.5) is 0 Å². The Morgan fingerprint density at radius 2 is 1.84 bits per heavy atom.